The normalized spacial score (nSPS) is 11.2. The molecule has 8 heteroatoms. The number of nitrogens with one attached hydrogen (secondary N) is 2. The van der Waals surface area contributed by atoms with E-state index in [9.17, 15) is 19.8 Å². The Morgan fingerprint density at radius 2 is 1.40 bits per heavy atom. The van der Waals surface area contributed by atoms with Crippen LogP contribution in [0.25, 0.3) is 33.4 Å². The summed E-state index contributed by atoms with van der Waals surface area (Å²) in [6, 6.07) is 14.1. The first-order valence-electron chi connectivity index (χ1n) is 16.5. The van der Waals surface area contributed by atoms with Crippen LogP contribution in [0.3, 0.4) is 0 Å². The maximum absolute atomic E-state index is 12.5. The predicted molar refractivity (Wildman–Crippen MR) is 188 cm³/mol. The minimum Gasteiger partial charge on any atom is -0.508 e. The number of carboxylic acids is 1. The Hall–Kier alpha value is -3.91. The van der Waals surface area contributed by atoms with Crippen LogP contribution in [0.1, 0.15) is 107 Å². The zero-order chi connectivity index (χ0) is 32.0. The molecule has 2 aromatic rings. The molecule has 0 radical (unpaired) electrons. The molecule has 1 heterocycles. The Bertz CT molecular complexity index is 1600. The number of anilines is 1. The van der Waals surface area contributed by atoms with Gasteiger partial charge in [-0.15, -0.1) is 0 Å². The number of thiocarbonyl (C=S) groups is 1. The molecule has 0 bridgehead atoms. The highest BCUT2D eigenvalue weighted by molar-refractivity contribution is 7.80. The molecule has 0 saturated carbocycles. The third-order valence-corrected chi connectivity index (χ3v) is 8.52. The van der Waals surface area contributed by atoms with Gasteiger partial charge in [-0.3, -0.25) is 4.79 Å². The quantitative estimate of drug-likeness (QED) is 0.0488. The number of benzene rings is 3. The van der Waals surface area contributed by atoms with E-state index in [1.54, 1.807) is 30.3 Å². The van der Waals surface area contributed by atoms with Crippen molar-refractivity contribution >= 4 is 40.0 Å². The van der Waals surface area contributed by atoms with Crippen molar-refractivity contribution in [2.45, 2.75) is 96.8 Å². The standard InChI is InChI=1S/C37H46N2O5S/c1-2-3-4-5-6-7-8-9-10-11-12-13-14-15-22-38-37(45)39-26-16-19-29(32(23-26)36(42)43)35-30-20-17-27(40)24-33(30)44-34-25-28(41)18-21-31(34)35/h16-21,23-25,40H,2-15,22H2,1H3,(H,42,43)(H2,38,39,45). The van der Waals surface area contributed by atoms with E-state index < -0.39 is 5.97 Å². The van der Waals surface area contributed by atoms with Crippen LogP contribution in [0, 0.1) is 0 Å². The van der Waals surface area contributed by atoms with Crippen molar-refractivity contribution in [3.05, 3.63) is 70.4 Å². The number of carboxylic acid groups (broad SMARTS) is 1. The van der Waals surface area contributed by atoms with Gasteiger partial charge in [-0.2, -0.15) is 0 Å². The summed E-state index contributed by atoms with van der Waals surface area (Å²) < 4.78 is 5.91. The summed E-state index contributed by atoms with van der Waals surface area (Å²) in [5.74, 6) is -0.790. The molecule has 0 spiro atoms. The average Bonchev–Trinajstić information content (AvgIpc) is 3.01. The zero-order valence-electron chi connectivity index (χ0n) is 26.3. The van der Waals surface area contributed by atoms with Gasteiger partial charge in [0.2, 0.25) is 0 Å². The van der Waals surface area contributed by atoms with Crippen molar-refractivity contribution in [3.8, 4) is 28.2 Å². The Morgan fingerprint density at radius 3 is 2.04 bits per heavy atom. The molecule has 0 amide bonds. The van der Waals surface area contributed by atoms with Crippen LogP contribution in [0.15, 0.2) is 63.8 Å². The van der Waals surface area contributed by atoms with E-state index in [0.29, 0.717) is 44.2 Å². The lowest BCUT2D eigenvalue weighted by Crippen LogP contribution is -2.29. The molecule has 2 aromatic carbocycles. The van der Waals surface area contributed by atoms with Gasteiger partial charge in [-0.05, 0) is 60.6 Å². The van der Waals surface area contributed by atoms with Gasteiger partial charge in [-0.1, -0.05) is 96.5 Å². The minimum atomic E-state index is -1.10. The fourth-order valence-corrected chi connectivity index (χ4v) is 6.08. The van der Waals surface area contributed by atoms with E-state index in [4.69, 9.17) is 16.6 Å². The maximum Gasteiger partial charge on any atom is 0.336 e. The highest BCUT2D eigenvalue weighted by atomic mass is 32.1. The number of aromatic hydroxyl groups is 1. The Labute approximate surface area is 271 Å². The van der Waals surface area contributed by atoms with Crippen LogP contribution < -0.4 is 16.1 Å². The van der Waals surface area contributed by atoms with E-state index in [2.05, 4.69) is 17.6 Å². The van der Waals surface area contributed by atoms with E-state index in [1.807, 2.05) is 0 Å². The topological polar surface area (TPSA) is 112 Å². The monoisotopic (exact) mass is 630 g/mol. The SMILES string of the molecule is CCCCCCCCCCCCCCCCNC(=S)Nc1ccc(-c2c3ccc(=O)cc-3oc3cc(O)ccc23)c(C(=O)O)c1. The number of unbranched alkanes of at least 4 members (excludes halogenated alkanes) is 13. The van der Waals surface area contributed by atoms with Crippen LogP contribution in [-0.2, 0) is 0 Å². The molecule has 4 N–H and O–H groups in total. The number of fused-ring (bicyclic) bond motifs is 2. The number of phenolic OH excluding ortho intramolecular Hbond substituents is 1. The summed E-state index contributed by atoms with van der Waals surface area (Å²) in [7, 11) is 0. The molecule has 7 nitrogen and oxygen atoms in total. The molecule has 0 saturated heterocycles. The summed E-state index contributed by atoms with van der Waals surface area (Å²) in [6.07, 6.45) is 18.4. The maximum atomic E-state index is 12.5. The molecule has 240 valence electrons. The van der Waals surface area contributed by atoms with E-state index >= 15 is 0 Å². The first-order chi connectivity index (χ1) is 21.9. The number of aromatic carboxylic acids is 1. The van der Waals surface area contributed by atoms with Gasteiger partial charge in [0.1, 0.15) is 17.1 Å². The van der Waals surface area contributed by atoms with Crippen molar-refractivity contribution in [3.63, 3.8) is 0 Å². The number of rotatable bonds is 18. The molecule has 2 aliphatic rings. The number of phenols is 1. The second-order valence-electron chi connectivity index (χ2n) is 11.9. The highest BCUT2D eigenvalue weighted by Crippen LogP contribution is 2.42. The second kappa shape index (κ2) is 17.5. The summed E-state index contributed by atoms with van der Waals surface area (Å²) in [5, 5.41) is 27.6. The predicted octanol–water partition coefficient (Wildman–Crippen LogP) is 9.74. The summed E-state index contributed by atoms with van der Waals surface area (Å²) >= 11 is 5.49. The molecular formula is C37H46N2O5S. The second-order valence-corrected chi connectivity index (χ2v) is 12.3. The molecule has 0 fully saturated rings. The van der Waals surface area contributed by atoms with Gasteiger partial charge in [-0.25, -0.2) is 4.79 Å². The Morgan fingerprint density at radius 1 is 0.778 bits per heavy atom. The van der Waals surface area contributed by atoms with Gasteiger partial charge in [0.05, 0.1) is 5.56 Å². The molecule has 4 rings (SSSR count). The first-order valence-corrected chi connectivity index (χ1v) is 16.9. The number of carbonyl (C=O) groups is 1. The van der Waals surface area contributed by atoms with Crippen molar-refractivity contribution in [2.24, 2.45) is 0 Å². The van der Waals surface area contributed by atoms with Gasteiger partial charge in [0, 0.05) is 40.9 Å². The average molecular weight is 631 g/mol. The smallest absolute Gasteiger partial charge is 0.336 e. The van der Waals surface area contributed by atoms with Crippen molar-refractivity contribution in [1.82, 2.24) is 5.32 Å². The summed E-state index contributed by atoms with van der Waals surface area (Å²) in [4.78, 5) is 24.5. The largest absolute Gasteiger partial charge is 0.508 e. The van der Waals surface area contributed by atoms with E-state index in [0.717, 1.165) is 19.4 Å². The molecule has 0 atom stereocenters. The molecular weight excluding hydrogens is 584 g/mol. The Balaban J connectivity index is 1.27. The van der Waals surface area contributed by atoms with Crippen LogP contribution in [0.5, 0.6) is 5.75 Å². The van der Waals surface area contributed by atoms with E-state index in [-0.39, 0.29) is 16.7 Å². The molecule has 45 heavy (non-hydrogen) atoms. The van der Waals surface area contributed by atoms with Crippen LogP contribution in [0.4, 0.5) is 5.69 Å². The van der Waals surface area contributed by atoms with E-state index in [1.165, 1.54) is 101 Å². The first kappa shape index (κ1) is 34.0. The van der Waals surface area contributed by atoms with Gasteiger partial charge in [0.25, 0.3) is 0 Å². The fourth-order valence-electron chi connectivity index (χ4n) is 5.86. The molecule has 1 aliphatic carbocycles. The molecule has 1 aliphatic heterocycles. The van der Waals surface area contributed by atoms with Crippen LogP contribution in [-0.4, -0.2) is 27.8 Å². The van der Waals surface area contributed by atoms with Crippen molar-refractivity contribution < 1.29 is 19.4 Å². The Kier molecular flexibility index (Phi) is 13.2. The minimum absolute atomic E-state index is 0.00271. The highest BCUT2D eigenvalue weighted by Gasteiger charge is 2.22. The van der Waals surface area contributed by atoms with Crippen LogP contribution >= 0.6 is 12.2 Å². The third-order valence-electron chi connectivity index (χ3n) is 8.27. The van der Waals surface area contributed by atoms with Gasteiger partial charge in [0.15, 0.2) is 10.5 Å². The summed E-state index contributed by atoms with van der Waals surface area (Å²) in [5.41, 5.74) is 2.41. The number of hydrogen-bond acceptors (Lipinski definition) is 5. The van der Waals surface area contributed by atoms with Gasteiger partial charge < -0.3 is 25.3 Å². The lowest BCUT2D eigenvalue weighted by molar-refractivity contribution is 0.0697. The lowest BCUT2D eigenvalue weighted by Gasteiger charge is -2.18. The summed E-state index contributed by atoms with van der Waals surface area (Å²) in [6.45, 7) is 3.02. The zero-order valence-corrected chi connectivity index (χ0v) is 27.1. The molecule has 0 aromatic heterocycles. The third kappa shape index (κ3) is 10.0. The lowest BCUT2D eigenvalue weighted by atomic mass is 9.90. The van der Waals surface area contributed by atoms with Crippen LogP contribution in [0.2, 0.25) is 0 Å². The molecule has 0 unspecified atom stereocenters. The van der Waals surface area contributed by atoms with Crippen molar-refractivity contribution in [2.75, 3.05) is 11.9 Å². The van der Waals surface area contributed by atoms with Crippen molar-refractivity contribution in [1.29, 1.82) is 0 Å². The van der Waals surface area contributed by atoms with Gasteiger partial charge >= 0.3 is 5.97 Å². The number of hydrogen-bond donors (Lipinski definition) is 4. The fraction of sp³-hybridized carbons (Fsp3) is 0.432.